The SMILES string of the molecule is O=C1C(=O)N(CCCn2ccnc2)C(c2ccc(F)cc2)C1C(=O)c1cccs1. The normalized spacial score (nSPS) is 19.1. The number of benzene rings is 1. The van der Waals surface area contributed by atoms with Gasteiger partial charge in [-0.05, 0) is 35.6 Å². The summed E-state index contributed by atoms with van der Waals surface area (Å²) in [6.07, 6.45) is 5.75. The van der Waals surface area contributed by atoms with Crippen LogP contribution in [0.4, 0.5) is 4.39 Å². The lowest BCUT2D eigenvalue weighted by atomic mass is 9.88. The maximum absolute atomic E-state index is 13.4. The van der Waals surface area contributed by atoms with Crippen molar-refractivity contribution >= 4 is 28.8 Å². The molecule has 2 atom stereocenters. The maximum atomic E-state index is 13.4. The van der Waals surface area contributed by atoms with Crippen LogP contribution >= 0.6 is 11.3 Å². The Labute approximate surface area is 170 Å². The van der Waals surface area contributed by atoms with Crippen LogP contribution in [0.5, 0.6) is 0 Å². The summed E-state index contributed by atoms with van der Waals surface area (Å²) in [6, 6.07) is 8.25. The molecule has 3 aromatic rings. The number of amides is 1. The smallest absolute Gasteiger partial charge is 0.291 e. The molecule has 0 radical (unpaired) electrons. The Morgan fingerprint density at radius 3 is 2.59 bits per heavy atom. The molecule has 1 fully saturated rings. The fourth-order valence-corrected chi connectivity index (χ4v) is 4.38. The number of likely N-dealkylation sites (tertiary alicyclic amines) is 1. The Morgan fingerprint density at radius 2 is 1.93 bits per heavy atom. The zero-order valence-electron chi connectivity index (χ0n) is 15.4. The number of Topliss-reactive ketones (excluding diaryl/α,β-unsaturated/α-hetero) is 2. The lowest BCUT2D eigenvalue weighted by Crippen LogP contribution is -2.32. The molecule has 148 valence electrons. The van der Waals surface area contributed by atoms with Gasteiger partial charge in [0.05, 0.1) is 17.2 Å². The van der Waals surface area contributed by atoms with Crippen molar-refractivity contribution in [2.75, 3.05) is 6.54 Å². The van der Waals surface area contributed by atoms with Crippen molar-refractivity contribution in [2.45, 2.75) is 19.0 Å². The summed E-state index contributed by atoms with van der Waals surface area (Å²) >= 11 is 1.24. The minimum Gasteiger partial charge on any atom is -0.337 e. The zero-order chi connectivity index (χ0) is 20.4. The van der Waals surface area contributed by atoms with Crippen LogP contribution in [0.2, 0.25) is 0 Å². The van der Waals surface area contributed by atoms with Gasteiger partial charge in [-0.25, -0.2) is 9.37 Å². The standard InChI is InChI=1S/C21H18FN3O3S/c22-15-6-4-14(5-7-15)18-17(19(26)16-3-1-12-29-16)20(27)21(28)25(18)10-2-9-24-11-8-23-13-24/h1,3-8,11-13,17-18H,2,9-10H2. The molecular weight excluding hydrogens is 393 g/mol. The molecule has 1 saturated heterocycles. The molecule has 2 unspecified atom stereocenters. The molecule has 0 bridgehead atoms. The summed E-state index contributed by atoms with van der Waals surface area (Å²) in [4.78, 5) is 44.5. The van der Waals surface area contributed by atoms with Crippen LogP contribution in [0.1, 0.15) is 27.7 Å². The number of hydrogen-bond acceptors (Lipinski definition) is 5. The third-order valence-electron chi connectivity index (χ3n) is 5.04. The van der Waals surface area contributed by atoms with E-state index in [1.807, 2.05) is 10.8 Å². The van der Waals surface area contributed by atoms with Crippen molar-refractivity contribution in [1.29, 1.82) is 0 Å². The molecular formula is C21H18FN3O3S. The van der Waals surface area contributed by atoms with Crippen molar-refractivity contribution in [2.24, 2.45) is 5.92 Å². The minimum absolute atomic E-state index is 0.305. The van der Waals surface area contributed by atoms with Crippen LogP contribution in [0.25, 0.3) is 0 Å². The summed E-state index contributed by atoms with van der Waals surface area (Å²) < 4.78 is 15.3. The highest BCUT2D eigenvalue weighted by atomic mass is 32.1. The Bertz CT molecular complexity index is 1020. The van der Waals surface area contributed by atoms with E-state index in [1.165, 1.54) is 40.5 Å². The quantitative estimate of drug-likeness (QED) is 0.340. The van der Waals surface area contributed by atoms with E-state index in [2.05, 4.69) is 4.98 Å². The molecule has 1 aliphatic rings. The summed E-state index contributed by atoms with van der Waals surface area (Å²) in [5.41, 5.74) is 0.572. The average Bonchev–Trinajstić information content (AvgIpc) is 3.47. The molecule has 1 amide bonds. The van der Waals surface area contributed by atoms with Crippen LogP contribution < -0.4 is 0 Å². The monoisotopic (exact) mass is 411 g/mol. The van der Waals surface area contributed by atoms with Crippen molar-refractivity contribution in [3.8, 4) is 0 Å². The van der Waals surface area contributed by atoms with Crippen molar-refractivity contribution in [3.05, 3.63) is 76.8 Å². The van der Waals surface area contributed by atoms with Gasteiger partial charge in [0.2, 0.25) is 5.78 Å². The molecule has 4 rings (SSSR count). The van der Waals surface area contributed by atoms with Gasteiger partial charge in [0.15, 0.2) is 5.78 Å². The summed E-state index contributed by atoms with van der Waals surface area (Å²) in [6.45, 7) is 0.927. The minimum atomic E-state index is -1.13. The topological polar surface area (TPSA) is 72.3 Å². The largest absolute Gasteiger partial charge is 0.337 e. The Kier molecular flexibility index (Phi) is 5.35. The second kappa shape index (κ2) is 8.08. The van der Waals surface area contributed by atoms with Crippen LogP contribution in [-0.2, 0) is 16.1 Å². The van der Waals surface area contributed by atoms with Crippen molar-refractivity contribution in [1.82, 2.24) is 14.5 Å². The number of aromatic nitrogens is 2. The Balaban J connectivity index is 1.64. The van der Waals surface area contributed by atoms with Gasteiger partial charge in [-0.1, -0.05) is 18.2 Å². The molecule has 0 spiro atoms. The highest BCUT2D eigenvalue weighted by Crippen LogP contribution is 2.38. The number of carbonyl (C=O) groups is 3. The number of aryl methyl sites for hydroxylation is 1. The second-order valence-corrected chi connectivity index (χ2v) is 7.78. The Morgan fingerprint density at radius 1 is 1.14 bits per heavy atom. The molecule has 8 heteroatoms. The lowest BCUT2D eigenvalue weighted by molar-refractivity contribution is -0.140. The van der Waals surface area contributed by atoms with E-state index in [1.54, 1.807) is 30.0 Å². The molecule has 0 aliphatic carbocycles. The number of rotatable bonds is 7. The van der Waals surface area contributed by atoms with Gasteiger partial charge in [0.25, 0.3) is 5.91 Å². The lowest BCUT2D eigenvalue weighted by Gasteiger charge is -2.27. The molecule has 29 heavy (non-hydrogen) atoms. The van der Waals surface area contributed by atoms with Crippen molar-refractivity contribution < 1.29 is 18.8 Å². The molecule has 2 aromatic heterocycles. The van der Waals surface area contributed by atoms with E-state index in [4.69, 9.17) is 0 Å². The van der Waals surface area contributed by atoms with Gasteiger partial charge in [-0.3, -0.25) is 14.4 Å². The van der Waals surface area contributed by atoms with Crippen LogP contribution in [0.3, 0.4) is 0 Å². The van der Waals surface area contributed by atoms with Gasteiger partial charge in [-0.2, -0.15) is 0 Å². The van der Waals surface area contributed by atoms with E-state index < -0.39 is 29.5 Å². The first-order valence-electron chi connectivity index (χ1n) is 9.20. The summed E-state index contributed by atoms with van der Waals surface area (Å²) in [7, 11) is 0. The number of imidazole rings is 1. The highest BCUT2D eigenvalue weighted by molar-refractivity contribution is 7.12. The molecule has 0 N–H and O–H groups in total. The van der Waals surface area contributed by atoms with E-state index in [9.17, 15) is 18.8 Å². The number of carbonyl (C=O) groups excluding carboxylic acids is 3. The molecule has 3 heterocycles. The van der Waals surface area contributed by atoms with Gasteiger partial charge in [0.1, 0.15) is 11.7 Å². The fraction of sp³-hybridized carbons (Fsp3) is 0.238. The first kappa shape index (κ1) is 19.2. The first-order chi connectivity index (χ1) is 14.1. The Hall–Kier alpha value is -3.13. The van der Waals surface area contributed by atoms with Gasteiger partial charge < -0.3 is 9.47 Å². The highest BCUT2D eigenvalue weighted by Gasteiger charge is 2.51. The summed E-state index contributed by atoms with van der Waals surface area (Å²) in [5, 5.41) is 1.75. The molecule has 1 aliphatic heterocycles. The van der Waals surface area contributed by atoms with Gasteiger partial charge in [-0.15, -0.1) is 11.3 Å². The molecule has 1 aromatic carbocycles. The third kappa shape index (κ3) is 3.75. The van der Waals surface area contributed by atoms with E-state index >= 15 is 0 Å². The number of ketones is 2. The number of nitrogens with zero attached hydrogens (tertiary/aromatic N) is 3. The van der Waals surface area contributed by atoms with Crippen LogP contribution in [0.15, 0.2) is 60.5 Å². The predicted molar refractivity (Wildman–Crippen MR) is 105 cm³/mol. The van der Waals surface area contributed by atoms with E-state index in [0.717, 1.165) is 0 Å². The van der Waals surface area contributed by atoms with Gasteiger partial charge >= 0.3 is 0 Å². The maximum Gasteiger partial charge on any atom is 0.291 e. The summed E-state index contributed by atoms with van der Waals surface area (Å²) in [5.74, 6) is -3.29. The van der Waals surface area contributed by atoms with E-state index in [-0.39, 0.29) is 5.78 Å². The average molecular weight is 411 g/mol. The van der Waals surface area contributed by atoms with Crippen LogP contribution in [-0.4, -0.2) is 38.5 Å². The zero-order valence-corrected chi connectivity index (χ0v) is 16.2. The third-order valence-corrected chi connectivity index (χ3v) is 5.92. The fourth-order valence-electron chi connectivity index (χ4n) is 3.67. The molecule has 0 saturated carbocycles. The number of halogens is 1. The predicted octanol–water partition coefficient (Wildman–Crippen LogP) is 3.13. The first-order valence-corrected chi connectivity index (χ1v) is 10.1. The molecule has 6 nitrogen and oxygen atoms in total. The van der Waals surface area contributed by atoms with Crippen LogP contribution in [0, 0.1) is 11.7 Å². The van der Waals surface area contributed by atoms with Crippen molar-refractivity contribution in [3.63, 3.8) is 0 Å². The second-order valence-electron chi connectivity index (χ2n) is 6.83. The number of thiophene rings is 1. The van der Waals surface area contributed by atoms with Gasteiger partial charge in [0, 0.05) is 25.5 Å². The number of hydrogen-bond donors (Lipinski definition) is 0. The van der Waals surface area contributed by atoms with E-state index in [0.29, 0.717) is 30.0 Å².